The number of rotatable bonds is 3. The highest BCUT2D eigenvalue weighted by Gasteiger charge is 2.61. The molecule has 1 aliphatic carbocycles. The SMILES string of the molecule is Cc1ccc(NC(=O)[C@@H]2CC2(F)F)cc1-c1cc(C#N)ccn1. The summed E-state index contributed by atoms with van der Waals surface area (Å²) in [5, 5.41) is 11.5. The molecule has 1 saturated carbocycles. The lowest BCUT2D eigenvalue weighted by Gasteiger charge is -2.10. The van der Waals surface area contributed by atoms with Crippen molar-refractivity contribution in [2.75, 3.05) is 5.32 Å². The molecular formula is C17H13F2N3O. The minimum Gasteiger partial charge on any atom is -0.326 e. The Kier molecular flexibility index (Phi) is 3.57. The van der Waals surface area contributed by atoms with E-state index in [0.29, 0.717) is 16.9 Å². The van der Waals surface area contributed by atoms with Crippen molar-refractivity contribution in [1.82, 2.24) is 4.98 Å². The quantitative estimate of drug-likeness (QED) is 0.943. The predicted octanol–water partition coefficient (Wildman–Crippen LogP) is 3.52. The molecule has 6 heteroatoms. The molecule has 1 amide bonds. The fourth-order valence-electron chi connectivity index (χ4n) is 2.35. The van der Waals surface area contributed by atoms with Crippen LogP contribution in [0.25, 0.3) is 11.3 Å². The summed E-state index contributed by atoms with van der Waals surface area (Å²) >= 11 is 0. The molecule has 0 bridgehead atoms. The molecule has 1 aromatic heterocycles. The van der Waals surface area contributed by atoms with E-state index in [4.69, 9.17) is 5.26 Å². The topological polar surface area (TPSA) is 65.8 Å². The number of hydrogen-bond donors (Lipinski definition) is 1. The van der Waals surface area contributed by atoms with E-state index in [1.807, 2.05) is 13.0 Å². The minimum absolute atomic E-state index is 0.399. The van der Waals surface area contributed by atoms with Gasteiger partial charge in [0, 0.05) is 23.9 Å². The lowest BCUT2D eigenvalue weighted by atomic mass is 10.0. The van der Waals surface area contributed by atoms with Crippen LogP contribution in [0.15, 0.2) is 36.5 Å². The standard InChI is InChI=1S/C17H13F2N3O/c1-10-2-3-12(22-16(23)14-8-17(14,18)19)7-13(10)15-6-11(9-20)4-5-21-15/h2-7,14H,8H2,1H3,(H,22,23)/t14-/m0/s1. The number of pyridine rings is 1. The summed E-state index contributed by atoms with van der Waals surface area (Å²) in [7, 11) is 0. The van der Waals surface area contributed by atoms with Crippen molar-refractivity contribution in [2.45, 2.75) is 19.3 Å². The van der Waals surface area contributed by atoms with E-state index < -0.39 is 24.2 Å². The molecule has 116 valence electrons. The summed E-state index contributed by atoms with van der Waals surface area (Å²) in [6, 6.07) is 10.4. The van der Waals surface area contributed by atoms with E-state index in [-0.39, 0.29) is 0 Å². The highest BCUT2D eigenvalue weighted by atomic mass is 19.3. The van der Waals surface area contributed by atoms with E-state index in [1.165, 1.54) is 6.20 Å². The van der Waals surface area contributed by atoms with Crippen molar-refractivity contribution >= 4 is 11.6 Å². The maximum absolute atomic E-state index is 12.9. The van der Waals surface area contributed by atoms with Gasteiger partial charge in [0.1, 0.15) is 5.92 Å². The van der Waals surface area contributed by atoms with E-state index in [9.17, 15) is 13.6 Å². The second-order valence-corrected chi connectivity index (χ2v) is 5.58. The van der Waals surface area contributed by atoms with Gasteiger partial charge in [-0.3, -0.25) is 9.78 Å². The second-order valence-electron chi connectivity index (χ2n) is 5.58. The fraction of sp³-hybridized carbons (Fsp3) is 0.235. The summed E-state index contributed by atoms with van der Waals surface area (Å²) < 4.78 is 25.9. The van der Waals surface area contributed by atoms with E-state index in [1.54, 1.807) is 30.3 Å². The Morgan fingerprint density at radius 3 is 2.78 bits per heavy atom. The lowest BCUT2D eigenvalue weighted by Crippen LogP contribution is -2.17. The average molecular weight is 313 g/mol. The molecule has 2 aromatic rings. The van der Waals surface area contributed by atoms with Crippen molar-refractivity contribution in [2.24, 2.45) is 5.92 Å². The number of anilines is 1. The number of nitriles is 1. The number of amides is 1. The zero-order valence-electron chi connectivity index (χ0n) is 12.3. The Labute approximate surface area is 131 Å². The van der Waals surface area contributed by atoms with Crippen LogP contribution in [0.5, 0.6) is 0 Å². The Morgan fingerprint density at radius 1 is 1.39 bits per heavy atom. The van der Waals surface area contributed by atoms with Crippen molar-refractivity contribution in [1.29, 1.82) is 5.26 Å². The number of carbonyl (C=O) groups is 1. The smallest absolute Gasteiger partial charge is 0.260 e. The monoisotopic (exact) mass is 313 g/mol. The molecule has 1 fully saturated rings. The highest BCUT2D eigenvalue weighted by Crippen LogP contribution is 2.49. The Hall–Kier alpha value is -2.81. The normalized spacial score (nSPS) is 18.1. The van der Waals surface area contributed by atoms with E-state index in [0.717, 1.165) is 11.1 Å². The van der Waals surface area contributed by atoms with Gasteiger partial charge in [0.05, 0.1) is 17.3 Å². The molecule has 1 aromatic carbocycles. The first-order chi connectivity index (χ1) is 10.9. The third-order valence-corrected chi connectivity index (χ3v) is 3.81. The number of aryl methyl sites for hydroxylation is 1. The van der Waals surface area contributed by atoms with Gasteiger partial charge in [0.25, 0.3) is 5.92 Å². The van der Waals surface area contributed by atoms with Gasteiger partial charge < -0.3 is 5.32 Å². The number of benzene rings is 1. The summed E-state index contributed by atoms with van der Waals surface area (Å²) in [6.07, 6.45) is 1.13. The molecule has 23 heavy (non-hydrogen) atoms. The van der Waals surface area contributed by atoms with Gasteiger partial charge in [-0.2, -0.15) is 5.26 Å². The number of halogens is 2. The first-order valence-electron chi connectivity index (χ1n) is 7.06. The third kappa shape index (κ3) is 3.04. The largest absolute Gasteiger partial charge is 0.326 e. The van der Waals surface area contributed by atoms with Gasteiger partial charge in [-0.15, -0.1) is 0 Å². The van der Waals surface area contributed by atoms with Crippen molar-refractivity contribution in [3.63, 3.8) is 0 Å². The number of alkyl halides is 2. The molecular weight excluding hydrogens is 300 g/mol. The van der Waals surface area contributed by atoms with Gasteiger partial charge in [-0.25, -0.2) is 8.78 Å². The van der Waals surface area contributed by atoms with Crippen LogP contribution in [-0.4, -0.2) is 16.8 Å². The molecule has 0 unspecified atom stereocenters. The molecule has 3 rings (SSSR count). The summed E-state index contributed by atoms with van der Waals surface area (Å²) in [5.74, 6) is -4.81. The Morgan fingerprint density at radius 2 is 2.13 bits per heavy atom. The molecule has 4 nitrogen and oxygen atoms in total. The molecule has 0 radical (unpaired) electrons. The highest BCUT2D eigenvalue weighted by molar-refractivity contribution is 5.95. The van der Waals surface area contributed by atoms with E-state index >= 15 is 0 Å². The number of aromatic nitrogens is 1. The van der Waals surface area contributed by atoms with Crippen molar-refractivity contribution in [3.05, 3.63) is 47.7 Å². The maximum atomic E-state index is 12.9. The van der Waals surface area contributed by atoms with Crippen LogP contribution in [0.3, 0.4) is 0 Å². The first-order valence-corrected chi connectivity index (χ1v) is 7.06. The fourth-order valence-corrected chi connectivity index (χ4v) is 2.35. The minimum atomic E-state index is -2.89. The van der Waals surface area contributed by atoms with Gasteiger partial charge >= 0.3 is 0 Å². The zero-order valence-corrected chi connectivity index (χ0v) is 12.3. The molecule has 1 N–H and O–H groups in total. The van der Waals surface area contributed by atoms with Crippen LogP contribution in [0.2, 0.25) is 0 Å². The third-order valence-electron chi connectivity index (χ3n) is 3.81. The van der Waals surface area contributed by atoms with Crippen LogP contribution < -0.4 is 5.32 Å². The Balaban J connectivity index is 1.87. The van der Waals surface area contributed by atoms with Gasteiger partial charge in [0.15, 0.2) is 0 Å². The Bertz CT molecular complexity index is 827. The molecule has 1 aliphatic rings. The van der Waals surface area contributed by atoms with Crippen LogP contribution in [0, 0.1) is 24.2 Å². The maximum Gasteiger partial charge on any atom is 0.260 e. The van der Waals surface area contributed by atoms with Gasteiger partial charge in [-0.05, 0) is 36.8 Å². The van der Waals surface area contributed by atoms with Gasteiger partial charge in [-0.1, -0.05) is 6.07 Å². The number of nitrogens with zero attached hydrogens (tertiary/aromatic N) is 2. The number of hydrogen-bond acceptors (Lipinski definition) is 3. The summed E-state index contributed by atoms with van der Waals surface area (Å²) in [4.78, 5) is 16.0. The number of nitrogens with one attached hydrogen (secondary N) is 1. The second kappa shape index (κ2) is 5.43. The average Bonchev–Trinajstić information content (AvgIpc) is 3.18. The van der Waals surface area contributed by atoms with Crippen LogP contribution in [0.4, 0.5) is 14.5 Å². The molecule has 0 saturated heterocycles. The van der Waals surface area contributed by atoms with Gasteiger partial charge in [0.2, 0.25) is 5.91 Å². The zero-order chi connectivity index (χ0) is 16.6. The predicted molar refractivity (Wildman–Crippen MR) is 80.8 cm³/mol. The van der Waals surface area contributed by atoms with Crippen LogP contribution in [0.1, 0.15) is 17.5 Å². The van der Waals surface area contributed by atoms with Crippen molar-refractivity contribution in [3.8, 4) is 17.3 Å². The summed E-state index contributed by atoms with van der Waals surface area (Å²) in [6.45, 7) is 1.87. The van der Waals surface area contributed by atoms with Crippen LogP contribution >= 0.6 is 0 Å². The molecule has 0 spiro atoms. The molecule has 0 aliphatic heterocycles. The van der Waals surface area contributed by atoms with Crippen LogP contribution in [-0.2, 0) is 4.79 Å². The lowest BCUT2D eigenvalue weighted by molar-refractivity contribution is -0.119. The summed E-state index contributed by atoms with van der Waals surface area (Å²) in [5.41, 5.74) is 3.14. The van der Waals surface area contributed by atoms with E-state index in [2.05, 4.69) is 10.3 Å². The molecule has 1 atom stereocenters. The first kappa shape index (κ1) is 15.1. The molecule has 1 heterocycles. The van der Waals surface area contributed by atoms with Crippen molar-refractivity contribution < 1.29 is 13.6 Å². The number of carbonyl (C=O) groups excluding carboxylic acids is 1.